The van der Waals surface area contributed by atoms with Gasteiger partial charge in [-0.25, -0.2) is 4.98 Å². The lowest BCUT2D eigenvalue weighted by Gasteiger charge is -2.11. The van der Waals surface area contributed by atoms with Crippen LogP contribution in [0.4, 0.5) is 0 Å². The van der Waals surface area contributed by atoms with Crippen LogP contribution in [0.15, 0.2) is 12.4 Å². The van der Waals surface area contributed by atoms with E-state index in [1.807, 2.05) is 33.4 Å². The lowest BCUT2D eigenvalue weighted by atomic mass is 10.7. The standard InChI is InChI=1S/C7H13N3/c1-7-8-4-5-10(7)6-9(2)3/h4-5H,6H2,1-3H3. The van der Waals surface area contributed by atoms with Crippen LogP contribution in [-0.4, -0.2) is 28.5 Å². The number of aryl methyl sites for hydroxylation is 1. The maximum Gasteiger partial charge on any atom is 0.106 e. The fourth-order valence-corrected chi connectivity index (χ4v) is 0.858. The molecule has 0 bridgehead atoms. The van der Waals surface area contributed by atoms with E-state index in [9.17, 15) is 0 Å². The Bertz CT molecular complexity index is 202. The Kier molecular flexibility index (Phi) is 2.06. The van der Waals surface area contributed by atoms with Crippen LogP contribution in [0, 0.1) is 6.92 Å². The van der Waals surface area contributed by atoms with Crippen LogP contribution < -0.4 is 0 Å². The highest BCUT2D eigenvalue weighted by Gasteiger charge is 1.95. The van der Waals surface area contributed by atoms with Crippen LogP contribution in [0.3, 0.4) is 0 Å². The summed E-state index contributed by atoms with van der Waals surface area (Å²) in [6.45, 7) is 2.91. The van der Waals surface area contributed by atoms with Crippen molar-refractivity contribution in [2.45, 2.75) is 13.6 Å². The maximum absolute atomic E-state index is 4.11. The molecule has 1 aromatic heterocycles. The monoisotopic (exact) mass is 139 g/mol. The van der Waals surface area contributed by atoms with Crippen molar-refractivity contribution in [1.82, 2.24) is 14.5 Å². The zero-order chi connectivity index (χ0) is 7.56. The zero-order valence-corrected chi connectivity index (χ0v) is 6.70. The first kappa shape index (κ1) is 7.28. The molecule has 10 heavy (non-hydrogen) atoms. The van der Waals surface area contributed by atoms with Gasteiger partial charge in [0.2, 0.25) is 0 Å². The van der Waals surface area contributed by atoms with Gasteiger partial charge in [-0.05, 0) is 21.0 Å². The molecule has 0 atom stereocenters. The molecule has 1 heterocycles. The highest BCUT2D eigenvalue weighted by molar-refractivity contribution is 4.87. The molecule has 0 radical (unpaired) electrons. The van der Waals surface area contributed by atoms with Gasteiger partial charge in [0.05, 0.1) is 6.67 Å². The first-order valence-corrected chi connectivity index (χ1v) is 3.32. The summed E-state index contributed by atoms with van der Waals surface area (Å²) in [5, 5.41) is 0. The normalized spacial score (nSPS) is 10.8. The Balaban J connectivity index is 2.65. The summed E-state index contributed by atoms with van der Waals surface area (Å²) in [5.74, 6) is 1.06. The van der Waals surface area contributed by atoms with E-state index >= 15 is 0 Å². The Hall–Kier alpha value is -0.830. The molecular formula is C7H13N3. The van der Waals surface area contributed by atoms with Crippen LogP contribution >= 0.6 is 0 Å². The van der Waals surface area contributed by atoms with Gasteiger partial charge in [-0.3, -0.25) is 4.90 Å². The van der Waals surface area contributed by atoms with Crippen LogP contribution in [-0.2, 0) is 6.67 Å². The molecule has 56 valence electrons. The fourth-order valence-electron chi connectivity index (χ4n) is 0.858. The van der Waals surface area contributed by atoms with Gasteiger partial charge >= 0.3 is 0 Å². The first-order valence-electron chi connectivity index (χ1n) is 3.32. The third-order valence-electron chi connectivity index (χ3n) is 1.36. The molecule has 0 amide bonds. The van der Waals surface area contributed by atoms with E-state index in [2.05, 4.69) is 14.5 Å². The average Bonchev–Trinajstić information content (AvgIpc) is 2.15. The maximum atomic E-state index is 4.11. The van der Waals surface area contributed by atoms with E-state index in [4.69, 9.17) is 0 Å². The van der Waals surface area contributed by atoms with Gasteiger partial charge in [0.25, 0.3) is 0 Å². The molecule has 0 saturated carbocycles. The van der Waals surface area contributed by atoms with Crippen LogP contribution in [0.2, 0.25) is 0 Å². The highest BCUT2D eigenvalue weighted by atomic mass is 15.2. The minimum atomic E-state index is 0.909. The minimum absolute atomic E-state index is 0.909. The summed E-state index contributed by atoms with van der Waals surface area (Å²) < 4.78 is 2.10. The lowest BCUT2D eigenvalue weighted by Crippen LogP contribution is -2.16. The second-order valence-electron chi connectivity index (χ2n) is 2.67. The smallest absolute Gasteiger partial charge is 0.106 e. The number of rotatable bonds is 2. The number of hydrogen-bond acceptors (Lipinski definition) is 2. The van der Waals surface area contributed by atoms with Gasteiger partial charge < -0.3 is 4.57 Å². The van der Waals surface area contributed by atoms with E-state index in [0.29, 0.717) is 0 Å². The van der Waals surface area contributed by atoms with Gasteiger partial charge in [0.1, 0.15) is 5.82 Å². The van der Waals surface area contributed by atoms with Crippen LogP contribution in [0.5, 0.6) is 0 Å². The molecule has 0 saturated heterocycles. The van der Waals surface area contributed by atoms with Crippen molar-refractivity contribution in [2.75, 3.05) is 14.1 Å². The molecule has 1 rings (SSSR count). The van der Waals surface area contributed by atoms with E-state index < -0.39 is 0 Å². The molecule has 3 heteroatoms. The fraction of sp³-hybridized carbons (Fsp3) is 0.571. The predicted molar refractivity (Wildman–Crippen MR) is 40.7 cm³/mol. The van der Waals surface area contributed by atoms with Crippen LogP contribution in [0.25, 0.3) is 0 Å². The third kappa shape index (κ3) is 1.57. The summed E-state index contributed by atoms with van der Waals surface area (Å²) in [6.07, 6.45) is 3.80. The van der Waals surface area contributed by atoms with E-state index in [1.54, 1.807) is 0 Å². The molecule has 0 aliphatic carbocycles. The predicted octanol–water partition coefficient (Wildman–Crippen LogP) is 0.711. The summed E-state index contributed by atoms with van der Waals surface area (Å²) in [7, 11) is 4.08. The average molecular weight is 139 g/mol. The molecule has 0 aliphatic rings. The molecular weight excluding hydrogens is 126 g/mol. The summed E-state index contributed by atoms with van der Waals surface area (Å²) in [4.78, 5) is 6.21. The van der Waals surface area contributed by atoms with Gasteiger partial charge in [0, 0.05) is 12.4 Å². The quantitative estimate of drug-likeness (QED) is 0.601. The Labute approximate surface area is 61.3 Å². The Morgan fingerprint density at radius 3 is 2.70 bits per heavy atom. The third-order valence-corrected chi connectivity index (χ3v) is 1.36. The molecule has 0 unspecified atom stereocenters. The lowest BCUT2D eigenvalue weighted by molar-refractivity contribution is 0.322. The molecule has 0 aliphatic heterocycles. The second-order valence-corrected chi connectivity index (χ2v) is 2.67. The first-order chi connectivity index (χ1) is 4.70. The number of nitrogens with zero attached hydrogens (tertiary/aromatic N) is 3. The van der Waals surface area contributed by atoms with Crippen molar-refractivity contribution in [3.8, 4) is 0 Å². The van der Waals surface area contributed by atoms with Gasteiger partial charge in [-0.2, -0.15) is 0 Å². The molecule has 0 N–H and O–H groups in total. The zero-order valence-electron chi connectivity index (χ0n) is 6.70. The second kappa shape index (κ2) is 2.84. The topological polar surface area (TPSA) is 21.1 Å². The van der Waals surface area contributed by atoms with Crippen molar-refractivity contribution >= 4 is 0 Å². The highest BCUT2D eigenvalue weighted by Crippen LogP contribution is 1.94. The van der Waals surface area contributed by atoms with Crippen molar-refractivity contribution in [1.29, 1.82) is 0 Å². The Morgan fingerprint density at radius 2 is 2.30 bits per heavy atom. The molecule has 3 nitrogen and oxygen atoms in total. The largest absolute Gasteiger partial charge is 0.322 e. The van der Waals surface area contributed by atoms with Crippen molar-refractivity contribution in [2.24, 2.45) is 0 Å². The van der Waals surface area contributed by atoms with Gasteiger partial charge in [0.15, 0.2) is 0 Å². The molecule has 0 aromatic carbocycles. The number of imidazole rings is 1. The summed E-state index contributed by atoms with van der Waals surface area (Å²) >= 11 is 0. The SMILES string of the molecule is Cc1nccn1CN(C)C. The van der Waals surface area contributed by atoms with Gasteiger partial charge in [-0.1, -0.05) is 0 Å². The van der Waals surface area contributed by atoms with E-state index in [1.165, 1.54) is 0 Å². The molecule has 0 fully saturated rings. The summed E-state index contributed by atoms with van der Waals surface area (Å²) in [5.41, 5.74) is 0. The van der Waals surface area contributed by atoms with Crippen molar-refractivity contribution in [3.63, 3.8) is 0 Å². The van der Waals surface area contributed by atoms with Crippen LogP contribution in [0.1, 0.15) is 5.82 Å². The van der Waals surface area contributed by atoms with Gasteiger partial charge in [-0.15, -0.1) is 0 Å². The summed E-state index contributed by atoms with van der Waals surface area (Å²) in [6, 6.07) is 0. The van der Waals surface area contributed by atoms with Crippen molar-refractivity contribution < 1.29 is 0 Å². The van der Waals surface area contributed by atoms with E-state index in [0.717, 1.165) is 12.5 Å². The molecule has 0 spiro atoms. The minimum Gasteiger partial charge on any atom is -0.322 e. The number of hydrogen-bond donors (Lipinski definition) is 0. The van der Waals surface area contributed by atoms with E-state index in [-0.39, 0.29) is 0 Å². The number of aromatic nitrogens is 2. The molecule has 1 aromatic rings. The Morgan fingerprint density at radius 1 is 1.60 bits per heavy atom. The van der Waals surface area contributed by atoms with Crippen molar-refractivity contribution in [3.05, 3.63) is 18.2 Å².